The average Bonchev–Trinajstić information content (AvgIpc) is 2.38. The minimum absolute atomic E-state index is 0.110. The number of aliphatic hydroxyl groups excluding tert-OH is 3. The van der Waals surface area contributed by atoms with E-state index in [0.717, 1.165) is 51.7 Å². The first-order valence-electron chi connectivity index (χ1n) is 31.6. The second-order valence-corrected chi connectivity index (χ2v) is 30.3. The van der Waals surface area contributed by atoms with Crippen molar-refractivity contribution in [2.75, 3.05) is 47.1 Å². The first-order valence-corrected chi connectivity index (χ1v) is 33.6. The lowest BCUT2D eigenvalue weighted by molar-refractivity contribution is -0.302. The fourth-order valence-electron chi connectivity index (χ4n) is 14.9. The molecular weight excluding hydrogens is 1060 g/mol. The van der Waals surface area contributed by atoms with Crippen molar-refractivity contribution in [2.24, 2.45) is 23.7 Å². The lowest BCUT2D eigenvalue weighted by Gasteiger charge is -2.51. The number of ether oxygens (including phenoxy) is 6. The number of unbranched alkanes of at least 4 members (excludes halogenated alkanes) is 8. The summed E-state index contributed by atoms with van der Waals surface area (Å²) in [5.41, 5.74) is -4.08. The molecule has 6 rings (SSSR count). The highest BCUT2D eigenvalue weighted by Crippen LogP contribution is 2.64. The van der Waals surface area contributed by atoms with Crippen molar-refractivity contribution in [1.82, 2.24) is 9.80 Å². The van der Waals surface area contributed by atoms with Gasteiger partial charge in [-0.25, -0.2) is 0 Å². The monoisotopic (exact) mass is 1170 g/mol. The van der Waals surface area contributed by atoms with E-state index in [2.05, 4.69) is 60.7 Å². The third-order valence-electron chi connectivity index (χ3n) is 19.7. The number of hydrogen-bond donors (Lipinski definition) is 5. The molecule has 1 amide bonds. The maximum Gasteiger partial charge on any atom is 0.309 e. The number of carbonyl (C=O) groups excluding carboxylic acids is 2. The standard InChI is InChI=1S/C66H110N2O13P/c1-14-55-66(10,75)59(71)48(6)68(56(69)34-28-20-18-16-15-17-19-21-29-39-82(50-30-24-22-25-31-50,51-32-26-23-27-33-51)52-35-37-77-38-36-52)43-44(2)41-64(8,74)61(81-63-58(70)53(67(11)12)40-45(3)78-63)46(4)57(47(5)62(73)80-55)54-42-65(9,76-13)60(72)49(7)79-54/h22-27,30-33,44-49,52-55,57-61,63,70-72,74-75H,14-21,28-29,34-43H2,1-13H3/q+1/t44-,45-,46+,47-,48-,49+,53+,54-,55-,57?,58-,59-,60+,61-,63+,64-,65-,66-/m1/s1. The molecule has 0 aromatic heterocycles. The quantitative estimate of drug-likeness (QED) is 0.0452. The number of likely N-dealkylation sites (N-methyl/N-ethyl adjacent to an activating group) is 1. The van der Waals surface area contributed by atoms with Crippen molar-refractivity contribution >= 4 is 29.7 Å². The van der Waals surface area contributed by atoms with Crippen LogP contribution in [0, 0.1) is 23.7 Å². The third kappa shape index (κ3) is 16.5. The Kier molecular flexibility index (Phi) is 25.7. The molecule has 0 radical (unpaired) electrons. The molecule has 4 aliphatic rings. The molecule has 5 N–H and O–H groups in total. The highest BCUT2D eigenvalue weighted by molar-refractivity contribution is 7.90. The number of methoxy groups -OCH3 is 1. The third-order valence-corrected chi connectivity index (χ3v) is 25.0. The van der Waals surface area contributed by atoms with Crippen LogP contribution in [0.25, 0.3) is 0 Å². The van der Waals surface area contributed by atoms with E-state index in [-0.39, 0.29) is 56.2 Å². The smallest absolute Gasteiger partial charge is 0.309 e. The van der Waals surface area contributed by atoms with Gasteiger partial charge in [0.15, 0.2) is 6.29 Å². The SMILES string of the molecule is CC[C@H]1OC(=O)[C@H](C)C([C@H]2C[C@@](C)(OC)[C@@H](O)[C@H](C)O2)[C@H](C)[C@@H](O[C@@H]2O[C@H](C)C[C@H](N(C)C)[C@H]2O)[C@](C)(O)C[C@@H](C)CN(C(=O)CCCCCCCCCCC[P+](c2ccccc2)(c2ccccc2)C2CCOCC2)[C@H](C)[C@@H](O)[C@]1(C)O. The minimum atomic E-state index is -1.98. The first-order chi connectivity index (χ1) is 38.8. The van der Waals surface area contributed by atoms with Gasteiger partial charge in [0.25, 0.3) is 0 Å². The number of nitrogens with zero attached hydrogens (tertiary/aromatic N) is 2. The van der Waals surface area contributed by atoms with Crippen molar-refractivity contribution in [3.63, 3.8) is 0 Å². The van der Waals surface area contributed by atoms with Crippen LogP contribution in [0.1, 0.15) is 172 Å². The molecule has 0 aliphatic carbocycles. The number of rotatable bonds is 21. The van der Waals surface area contributed by atoms with Crippen LogP contribution in [0.3, 0.4) is 0 Å². The van der Waals surface area contributed by atoms with Gasteiger partial charge in [0.2, 0.25) is 5.91 Å². The van der Waals surface area contributed by atoms with Crippen molar-refractivity contribution in [3.8, 4) is 0 Å². The fourth-order valence-corrected chi connectivity index (χ4v) is 20.2. The van der Waals surface area contributed by atoms with Crippen molar-refractivity contribution in [1.29, 1.82) is 0 Å². The van der Waals surface area contributed by atoms with Gasteiger partial charge >= 0.3 is 5.97 Å². The molecule has 1 unspecified atom stereocenters. The lowest BCUT2D eigenvalue weighted by Crippen LogP contribution is -2.61. The van der Waals surface area contributed by atoms with Gasteiger partial charge in [-0.15, -0.1) is 0 Å². The van der Waals surface area contributed by atoms with Crippen LogP contribution in [-0.2, 0) is 38.0 Å². The fraction of sp³-hybridized carbons (Fsp3) is 0.788. The van der Waals surface area contributed by atoms with Gasteiger partial charge in [0.05, 0.1) is 90.5 Å². The summed E-state index contributed by atoms with van der Waals surface area (Å²) in [6.07, 6.45) is 5.53. The van der Waals surface area contributed by atoms with Crippen LogP contribution in [0.5, 0.6) is 0 Å². The summed E-state index contributed by atoms with van der Waals surface area (Å²) < 4.78 is 38.1. The zero-order chi connectivity index (χ0) is 60.2. The molecule has 18 atom stereocenters. The molecule has 4 fully saturated rings. The molecule has 2 aromatic rings. The van der Waals surface area contributed by atoms with Crippen LogP contribution in [-0.4, -0.2) is 184 Å². The van der Waals surface area contributed by atoms with Crippen LogP contribution in [0.15, 0.2) is 60.7 Å². The number of amides is 1. The predicted molar refractivity (Wildman–Crippen MR) is 326 cm³/mol. The number of hydrogen-bond acceptors (Lipinski definition) is 14. The van der Waals surface area contributed by atoms with Gasteiger partial charge in [0.1, 0.15) is 30.0 Å². The number of aliphatic hydroxyl groups is 5. The summed E-state index contributed by atoms with van der Waals surface area (Å²) in [4.78, 5) is 33.0. The predicted octanol–water partition coefficient (Wildman–Crippen LogP) is 8.82. The molecule has 2 aromatic carbocycles. The van der Waals surface area contributed by atoms with E-state index in [1.165, 1.54) is 56.5 Å². The second kappa shape index (κ2) is 30.8. The Morgan fingerprint density at radius 2 is 1.34 bits per heavy atom. The Morgan fingerprint density at radius 3 is 1.89 bits per heavy atom. The Bertz CT molecular complexity index is 2180. The molecule has 16 heteroatoms. The second-order valence-electron chi connectivity index (χ2n) is 26.4. The van der Waals surface area contributed by atoms with E-state index in [1.54, 1.807) is 39.5 Å². The van der Waals surface area contributed by atoms with E-state index >= 15 is 0 Å². The summed E-state index contributed by atoms with van der Waals surface area (Å²) in [6.45, 7) is 19.6. The topological polar surface area (TPSA) is 197 Å². The molecule has 4 aliphatic heterocycles. The number of benzene rings is 2. The van der Waals surface area contributed by atoms with Crippen molar-refractivity contribution in [3.05, 3.63) is 60.7 Å². The molecule has 82 heavy (non-hydrogen) atoms. The number of esters is 1. The van der Waals surface area contributed by atoms with Crippen molar-refractivity contribution < 1.29 is 63.5 Å². The molecule has 15 nitrogen and oxygen atoms in total. The van der Waals surface area contributed by atoms with E-state index in [1.807, 2.05) is 46.7 Å². The van der Waals surface area contributed by atoms with Crippen LogP contribution < -0.4 is 10.6 Å². The first kappa shape index (κ1) is 68.5. The lowest BCUT2D eigenvalue weighted by atomic mass is 9.68. The molecule has 4 saturated heterocycles. The Balaban J connectivity index is 1.15. The van der Waals surface area contributed by atoms with Gasteiger partial charge in [-0.05, 0) is 130 Å². The molecular formula is C66H110N2O13P+. The van der Waals surface area contributed by atoms with Gasteiger partial charge < -0.3 is 63.8 Å². The highest BCUT2D eigenvalue weighted by Gasteiger charge is 2.56. The van der Waals surface area contributed by atoms with Crippen LogP contribution >= 0.6 is 7.26 Å². The van der Waals surface area contributed by atoms with Gasteiger partial charge in [-0.1, -0.05) is 103 Å². The summed E-state index contributed by atoms with van der Waals surface area (Å²) >= 11 is 0. The zero-order valence-corrected chi connectivity index (χ0v) is 53.4. The molecule has 466 valence electrons. The van der Waals surface area contributed by atoms with E-state index in [0.29, 0.717) is 18.5 Å². The van der Waals surface area contributed by atoms with E-state index < -0.39 is 103 Å². The molecule has 0 bridgehead atoms. The maximum atomic E-state index is 14.8. The van der Waals surface area contributed by atoms with Crippen molar-refractivity contribution in [2.45, 2.75) is 262 Å². The average molecular weight is 1170 g/mol. The summed E-state index contributed by atoms with van der Waals surface area (Å²) in [5.74, 6) is -3.61. The Labute approximate surface area is 494 Å². The Morgan fingerprint density at radius 1 is 0.780 bits per heavy atom. The molecule has 0 saturated carbocycles. The van der Waals surface area contributed by atoms with Gasteiger partial charge in [-0.3, -0.25) is 9.59 Å². The minimum Gasteiger partial charge on any atom is -0.459 e. The van der Waals surface area contributed by atoms with Crippen LogP contribution in [0.2, 0.25) is 0 Å². The summed E-state index contributed by atoms with van der Waals surface area (Å²) in [5, 5.41) is 64.0. The van der Waals surface area contributed by atoms with E-state index in [4.69, 9.17) is 28.4 Å². The van der Waals surface area contributed by atoms with Gasteiger partial charge in [0, 0.05) is 51.3 Å². The molecule has 4 heterocycles. The van der Waals surface area contributed by atoms with Crippen LogP contribution in [0.4, 0.5) is 0 Å². The molecule has 0 spiro atoms. The number of cyclic esters (lactones) is 1. The Hall–Kier alpha value is -2.63. The maximum absolute atomic E-state index is 14.8. The normalized spacial score (nSPS) is 37.0. The number of carbonyl (C=O) groups is 2. The highest BCUT2D eigenvalue weighted by atomic mass is 31.2. The summed E-state index contributed by atoms with van der Waals surface area (Å²) in [6, 6.07) is 21.4. The summed E-state index contributed by atoms with van der Waals surface area (Å²) in [7, 11) is 3.68. The zero-order valence-electron chi connectivity index (χ0n) is 52.5. The van der Waals surface area contributed by atoms with E-state index in [9.17, 15) is 35.1 Å². The largest absolute Gasteiger partial charge is 0.459 e. The van der Waals surface area contributed by atoms with Gasteiger partial charge in [-0.2, -0.15) is 0 Å².